The van der Waals surface area contributed by atoms with E-state index < -0.39 is 0 Å². The van der Waals surface area contributed by atoms with E-state index >= 15 is 0 Å². The lowest BCUT2D eigenvalue weighted by Gasteiger charge is -2.30. The van der Waals surface area contributed by atoms with Gasteiger partial charge in [0.05, 0.1) is 6.61 Å². The van der Waals surface area contributed by atoms with Gasteiger partial charge in [0.15, 0.2) is 0 Å². The van der Waals surface area contributed by atoms with Crippen molar-refractivity contribution in [2.75, 3.05) is 26.2 Å². The molecule has 0 saturated carbocycles. The molecule has 1 aliphatic rings. The number of nitrogens with zero attached hydrogens (tertiary/aromatic N) is 1. The summed E-state index contributed by atoms with van der Waals surface area (Å²) in [6, 6.07) is 8.67. The predicted octanol–water partition coefficient (Wildman–Crippen LogP) is 1.60. The lowest BCUT2D eigenvalue weighted by molar-refractivity contribution is 0.168. The van der Waals surface area contributed by atoms with Gasteiger partial charge in [0.25, 0.3) is 0 Å². The highest BCUT2D eigenvalue weighted by Crippen LogP contribution is 2.11. The van der Waals surface area contributed by atoms with Crippen LogP contribution in [-0.4, -0.2) is 42.3 Å². The number of rotatable bonds is 6. The highest BCUT2D eigenvalue weighted by molar-refractivity contribution is 5.34. The minimum absolute atomic E-state index is 0.204. The Kier molecular flexibility index (Phi) is 6.07. The second-order valence-electron chi connectivity index (χ2n) is 5.45. The van der Waals surface area contributed by atoms with Gasteiger partial charge in [0.2, 0.25) is 0 Å². The Morgan fingerprint density at radius 3 is 2.70 bits per heavy atom. The maximum Gasteiger partial charge on any atom is 0.0558 e. The van der Waals surface area contributed by atoms with E-state index in [0.717, 1.165) is 31.7 Å². The van der Waals surface area contributed by atoms with Crippen LogP contribution in [0.15, 0.2) is 24.3 Å². The van der Waals surface area contributed by atoms with Crippen molar-refractivity contribution in [3.05, 3.63) is 35.4 Å². The third-order valence-electron chi connectivity index (χ3n) is 3.83. The zero-order valence-corrected chi connectivity index (χ0v) is 12.0. The molecule has 2 rings (SSSR count). The number of nitrogens with one attached hydrogen (secondary N) is 1. The van der Waals surface area contributed by atoms with Crippen molar-refractivity contribution in [2.45, 2.75) is 31.8 Å². The molecule has 3 heteroatoms. The smallest absolute Gasteiger partial charge is 0.0558 e. The highest BCUT2D eigenvalue weighted by atomic mass is 16.3. The van der Waals surface area contributed by atoms with Gasteiger partial charge in [0, 0.05) is 31.2 Å². The number of hydrogen-bond donors (Lipinski definition) is 2. The van der Waals surface area contributed by atoms with E-state index in [-0.39, 0.29) is 6.61 Å². The molecule has 1 aromatic carbocycles. The predicted molar refractivity (Wildman–Crippen MR) is 82.4 cm³/mol. The van der Waals surface area contributed by atoms with Gasteiger partial charge in [-0.1, -0.05) is 24.5 Å². The maximum absolute atomic E-state index is 9.24. The van der Waals surface area contributed by atoms with Crippen LogP contribution in [0.2, 0.25) is 0 Å². The molecule has 20 heavy (non-hydrogen) atoms. The SMILES string of the molecule is C#Cc1ccc(CN(CCO)CC2CCCCN2)cc1. The van der Waals surface area contributed by atoms with Gasteiger partial charge in [0.1, 0.15) is 0 Å². The zero-order valence-electron chi connectivity index (χ0n) is 12.0. The van der Waals surface area contributed by atoms with E-state index in [1.54, 1.807) is 0 Å². The van der Waals surface area contributed by atoms with Crippen molar-refractivity contribution in [2.24, 2.45) is 0 Å². The van der Waals surface area contributed by atoms with Crippen LogP contribution in [0.1, 0.15) is 30.4 Å². The second-order valence-corrected chi connectivity index (χ2v) is 5.45. The van der Waals surface area contributed by atoms with Gasteiger partial charge >= 0.3 is 0 Å². The Bertz CT molecular complexity index is 429. The van der Waals surface area contributed by atoms with Crippen LogP contribution in [0.25, 0.3) is 0 Å². The molecule has 1 unspecified atom stereocenters. The molecule has 3 nitrogen and oxygen atoms in total. The molecule has 1 atom stereocenters. The Morgan fingerprint density at radius 2 is 2.10 bits per heavy atom. The molecule has 1 saturated heterocycles. The van der Waals surface area contributed by atoms with Crippen LogP contribution in [-0.2, 0) is 6.54 Å². The summed E-state index contributed by atoms with van der Waals surface area (Å²) >= 11 is 0. The summed E-state index contributed by atoms with van der Waals surface area (Å²) in [6.45, 7) is 3.90. The number of aliphatic hydroxyl groups excluding tert-OH is 1. The van der Waals surface area contributed by atoms with Crippen molar-refractivity contribution >= 4 is 0 Å². The standard InChI is InChI=1S/C17H24N2O/c1-2-15-6-8-16(9-7-15)13-19(11-12-20)14-17-5-3-4-10-18-17/h1,6-9,17-18,20H,3-5,10-14H2. The van der Waals surface area contributed by atoms with E-state index in [4.69, 9.17) is 6.42 Å². The third-order valence-corrected chi connectivity index (χ3v) is 3.83. The van der Waals surface area contributed by atoms with Gasteiger partial charge in [-0.05, 0) is 37.1 Å². The van der Waals surface area contributed by atoms with Crippen molar-refractivity contribution in [3.63, 3.8) is 0 Å². The lowest BCUT2D eigenvalue weighted by Crippen LogP contribution is -2.44. The molecule has 1 fully saturated rings. The van der Waals surface area contributed by atoms with Crippen LogP contribution in [0.5, 0.6) is 0 Å². The fourth-order valence-electron chi connectivity index (χ4n) is 2.73. The summed E-state index contributed by atoms with van der Waals surface area (Å²) in [4.78, 5) is 2.31. The molecule has 0 spiro atoms. The van der Waals surface area contributed by atoms with Crippen molar-refractivity contribution in [1.29, 1.82) is 0 Å². The van der Waals surface area contributed by atoms with Crippen LogP contribution < -0.4 is 5.32 Å². The molecule has 1 aromatic rings. The fourth-order valence-corrected chi connectivity index (χ4v) is 2.73. The molecule has 0 aliphatic carbocycles. The van der Waals surface area contributed by atoms with E-state index in [0.29, 0.717) is 6.04 Å². The number of piperidine rings is 1. The Labute approximate surface area is 122 Å². The molecule has 0 radical (unpaired) electrons. The molecule has 1 aliphatic heterocycles. The van der Waals surface area contributed by atoms with Gasteiger partial charge in [-0.25, -0.2) is 0 Å². The molecular formula is C17H24N2O. The zero-order chi connectivity index (χ0) is 14.2. The van der Waals surface area contributed by atoms with Gasteiger partial charge in [-0.15, -0.1) is 6.42 Å². The quantitative estimate of drug-likeness (QED) is 0.772. The van der Waals surface area contributed by atoms with E-state index in [1.807, 2.05) is 12.1 Å². The maximum atomic E-state index is 9.24. The number of benzene rings is 1. The first-order valence-corrected chi connectivity index (χ1v) is 7.44. The van der Waals surface area contributed by atoms with Crippen LogP contribution in [0.3, 0.4) is 0 Å². The molecule has 0 amide bonds. The minimum Gasteiger partial charge on any atom is -0.395 e. The lowest BCUT2D eigenvalue weighted by atomic mass is 10.0. The summed E-state index contributed by atoms with van der Waals surface area (Å²) in [5.74, 6) is 2.63. The molecule has 1 heterocycles. The van der Waals surface area contributed by atoms with Crippen molar-refractivity contribution < 1.29 is 5.11 Å². The first-order valence-electron chi connectivity index (χ1n) is 7.44. The second kappa shape index (κ2) is 8.06. The first-order chi connectivity index (χ1) is 9.81. The molecule has 2 N–H and O–H groups in total. The van der Waals surface area contributed by atoms with E-state index in [1.165, 1.54) is 24.8 Å². The Morgan fingerprint density at radius 1 is 1.30 bits per heavy atom. The topological polar surface area (TPSA) is 35.5 Å². The number of hydrogen-bond acceptors (Lipinski definition) is 3. The Balaban J connectivity index is 1.91. The fraction of sp³-hybridized carbons (Fsp3) is 0.529. The van der Waals surface area contributed by atoms with Gasteiger partial charge in [-0.2, -0.15) is 0 Å². The average Bonchev–Trinajstić information content (AvgIpc) is 2.49. The van der Waals surface area contributed by atoms with Gasteiger partial charge in [-0.3, -0.25) is 4.90 Å². The molecule has 108 valence electrons. The summed E-state index contributed by atoms with van der Waals surface area (Å²) in [5.41, 5.74) is 2.16. The molecule has 0 bridgehead atoms. The summed E-state index contributed by atoms with van der Waals surface area (Å²) in [7, 11) is 0. The summed E-state index contributed by atoms with van der Waals surface area (Å²) in [6.07, 6.45) is 9.19. The summed E-state index contributed by atoms with van der Waals surface area (Å²) < 4.78 is 0. The van der Waals surface area contributed by atoms with Crippen LogP contribution >= 0.6 is 0 Å². The highest BCUT2D eigenvalue weighted by Gasteiger charge is 2.16. The number of terminal acetylenes is 1. The van der Waals surface area contributed by atoms with Crippen molar-refractivity contribution in [1.82, 2.24) is 10.2 Å². The van der Waals surface area contributed by atoms with E-state index in [9.17, 15) is 5.11 Å². The van der Waals surface area contributed by atoms with Crippen LogP contribution in [0, 0.1) is 12.3 Å². The largest absolute Gasteiger partial charge is 0.395 e. The van der Waals surface area contributed by atoms with Crippen LogP contribution in [0.4, 0.5) is 0 Å². The Hall–Kier alpha value is -1.34. The molecule has 0 aromatic heterocycles. The number of aliphatic hydroxyl groups is 1. The average molecular weight is 272 g/mol. The van der Waals surface area contributed by atoms with E-state index in [2.05, 4.69) is 28.3 Å². The normalized spacial score (nSPS) is 18.9. The van der Waals surface area contributed by atoms with Crippen molar-refractivity contribution in [3.8, 4) is 12.3 Å². The first kappa shape index (κ1) is 15.1. The monoisotopic (exact) mass is 272 g/mol. The third kappa shape index (κ3) is 4.64. The molecular weight excluding hydrogens is 248 g/mol. The summed E-state index contributed by atoms with van der Waals surface area (Å²) in [5, 5.41) is 12.8. The minimum atomic E-state index is 0.204. The van der Waals surface area contributed by atoms with Gasteiger partial charge < -0.3 is 10.4 Å².